The van der Waals surface area contributed by atoms with Crippen LogP contribution in [-0.4, -0.2) is 95.0 Å². The third kappa shape index (κ3) is 8.10. The first-order valence-electron chi connectivity index (χ1n) is 15.4. The van der Waals surface area contributed by atoms with E-state index >= 15 is 0 Å². The summed E-state index contributed by atoms with van der Waals surface area (Å²) in [5, 5.41) is 21.0. The van der Waals surface area contributed by atoms with Crippen molar-refractivity contribution in [1.29, 1.82) is 0 Å². The van der Waals surface area contributed by atoms with Crippen molar-refractivity contribution >= 4 is 12.2 Å². The average Bonchev–Trinajstić information content (AvgIpc) is 2.97. The van der Waals surface area contributed by atoms with E-state index in [4.69, 9.17) is 18.9 Å². The van der Waals surface area contributed by atoms with Gasteiger partial charge in [-0.2, -0.15) is 0 Å². The lowest BCUT2D eigenvalue weighted by atomic mass is 9.81. The third-order valence-corrected chi connectivity index (χ3v) is 7.97. The van der Waals surface area contributed by atoms with Gasteiger partial charge in [-0.1, -0.05) is 60.7 Å². The van der Waals surface area contributed by atoms with E-state index in [0.717, 1.165) is 5.56 Å². The van der Waals surface area contributed by atoms with Gasteiger partial charge in [-0.05, 0) is 52.7 Å². The Morgan fingerprint density at radius 3 is 1.80 bits per heavy atom. The highest BCUT2D eigenvalue weighted by molar-refractivity contribution is 5.69. The van der Waals surface area contributed by atoms with Crippen LogP contribution in [0.15, 0.2) is 60.7 Å². The summed E-state index contributed by atoms with van der Waals surface area (Å²) in [6.45, 7) is 13.7. The maximum atomic E-state index is 12.3. The number of aliphatic hydroxyl groups is 2. The molecule has 5 rings (SSSR count). The second-order valence-corrected chi connectivity index (χ2v) is 13.6. The fourth-order valence-corrected chi connectivity index (χ4v) is 5.77. The lowest BCUT2D eigenvalue weighted by molar-refractivity contribution is -0.230. The van der Waals surface area contributed by atoms with Gasteiger partial charge in [0.25, 0.3) is 0 Å². The van der Waals surface area contributed by atoms with Gasteiger partial charge in [0.15, 0.2) is 0 Å². The van der Waals surface area contributed by atoms with Crippen molar-refractivity contribution in [3.63, 3.8) is 0 Å². The SMILES string of the molecule is CC(C)(C)OC(=O)N1CC[C@@](O)(c2ccccc2)[C@H](O)C1.CC(C)(C)OC(=O)N1CC[C@]2(c3ccccc3)OCCO[C@@H]2C1. The highest BCUT2D eigenvalue weighted by atomic mass is 16.6. The summed E-state index contributed by atoms with van der Waals surface area (Å²) in [5.74, 6) is 0. The fourth-order valence-electron chi connectivity index (χ4n) is 5.77. The van der Waals surface area contributed by atoms with E-state index in [-0.39, 0.29) is 25.2 Å². The largest absolute Gasteiger partial charge is 0.444 e. The number of nitrogens with zero attached hydrogens (tertiary/aromatic N) is 2. The molecule has 0 saturated carbocycles. The number of benzene rings is 2. The zero-order valence-corrected chi connectivity index (χ0v) is 26.8. The van der Waals surface area contributed by atoms with Gasteiger partial charge in [0.2, 0.25) is 0 Å². The molecule has 0 aliphatic carbocycles. The van der Waals surface area contributed by atoms with Crippen LogP contribution >= 0.6 is 0 Å². The van der Waals surface area contributed by atoms with Gasteiger partial charge < -0.3 is 39.0 Å². The molecule has 3 fully saturated rings. The van der Waals surface area contributed by atoms with Crippen LogP contribution in [0, 0.1) is 0 Å². The van der Waals surface area contributed by atoms with Crippen molar-refractivity contribution in [2.45, 2.75) is 89.0 Å². The minimum atomic E-state index is -1.32. The number of likely N-dealkylation sites (tertiary alicyclic amines) is 2. The molecule has 2 N–H and O–H groups in total. The second-order valence-electron chi connectivity index (χ2n) is 13.6. The maximum Gasteiger partial charge on any atom is 0.410 e. The molecule has 44 heavy (non-hydrogen) atoms. The minimum Gasteiger partial charge on any atom is -0.444 e. The minimum absolute atomic E-state index is 0.0559. The van der Waals surface area contributed by atoms with Crippen LogP contribution in [0.3, 0.4) is 0 Å². The number of amides is 2. The van der Waals surface area contributed by atoms with Crippen molar-refractivity contribution in [1.82, 2.24) is 9.80 Å². The molecule has 242 valence electrons. The number of carbonyl (C=O) groups excluding carboxylic acids is 2. The molecule has 3 aliphatic heterocycles. The van der Waals surface area contributed by atoms with Crippen molar-refractivity contribution < 1.29 is 38.7 Å². The lowest BCUT2D eigenvalue weighted by Gasteiger charge is -2.49. The molecule has 2 aromatic carbocycles. The molecular weight excluding hydrogens is 564 g/mol. The Morgan fingerprint density at radius 2 is 1.27 bits per heavy atom. The van der Waals surface area contributed by atoms with Crippen LogP contribution in [0.2, 0.25) is 0 Å². The van der Waals surface area contributed by atoms with E-state index in [0.29, 0.717) is 44.8 Å². The molecular formula is C34H48N2O8. The van der Waals surface area contributed by atoms with E-state index in [9.17, 15) is 19.8 Å². The molecule has 2 amide bonds. The van der Waals surface area contributed by atoms with Crippen molar-refractivity contribution in [3.05, 3.63) is 71.8 Å². The molecule has 2 aromatic rings. The predicted molar refractivity (Wildman–Crippen MR) is 165 cm³/mol. The van der Waals surface area contributed by atoms with E-state index in [1.807, 2.05) is 57.2 Å². The number of carbonyl (C=O) groups is 2. The van der Waals surface area contributed by atoms with Gasteiger partial charge >= 0.3 is 12.2 Å². The molecule has 0 unspecified atom stereocenters. The normalized spacial score (nSPS) is 27.4. The summed E-state index contributed by atoms with van der Waals surface area (Å²) in [4.78, 5) is 27.5. The molecule has 0 bridgehead atoms. The van der Waals surface area contributed by atoms with Crippen LogP contribution < -0.4 is 0 Å². The zero-order chi connectivity index (χ0) is 32.2. The highest BCUT2D eigenvalue weighted by Crippen LogP contribution is 2.41. The maximum absolute atomic E-state index is 12.3. The molecule has 0 aromatic heterocycles. The van der Waals surface area contributed by atoms with Crippen LogP contribution in [0.5, 0.6) is 0 Å². The summed E-state index contributed by atoms with van der Waals surface area (Å²) in [6, 6.07) is 19.2. The summed E-state index contributed by atoms with van der Waals surface area (Å²) >= 11 is 0. The van der Waals surface area contributed by atoms with Crippen molar-refractivity contribution in [2.75, 3.05) is 39.4 Å². The van der Waals surface area contributed by atoms with E-state index in [2.05, 4.69) is 12.1 Å². The fraction of sp³-hybridized carbons (Fsp3) is 0.588. The zero-order valence-electron chi connectivity index (χ0n) is 26.8. The molecule has 10 heteroatoms. The predicted octanol–water partition coefficient (Wildman–Crippen LogP) is 4.81. The molecule has 3 aliphatic rings. The van der Waals surface area contributed by atoms with Gasteiger partial charge in [-0.3, -0.25) is 0 Å². The summed E-state index contributed by atoms with van der Waals surface area (Å²) in [5.41, 5.74) is -1.06. The van der Waals surface area contributed by atoms with Crippen LogP contribution in [0.4, 0.5) is 9.59 Å². The van der Waals surface area contributed by atoms with Gasteiger partial charge in [-0.15, -0.1) is 0 Å². The smallest absolute Gasteiger partial charge is 0.410 e. The first-order chi connectivity index (χ1) is 20.6. The monoisotopic (exact) mass is 612 g/mol. The summed E-state index contributed by atoms with van der Waals surface area (Å²) in [6.07, 6.45) is -0.968. The topological polar surface area (TPSA) is 118 Å². The number of β-amino-alcohol motifs (C(OH)–C–C–N with tert-alkyl or cyclic N) is 1. The van der Waals surface area contributed by atoms with Gasteiger partial charge in [0.1, 0.15) is 34.6 Å². The summed E-state index contributed by atoms with van der Waals surface area (Å²) in [7, 11) is 0. The Morgan fingerprint density at radius 1 is 0.773 bits per heavy atom. The van der Waals surface area contributed by atoms with Gasteiger partial charge in [0.05, 0.1) is 26.3 Å². The lowest BCUT2D eigenvalue weighted by Crippen LogP contribution is -2.60. The Kier molecular flexibility index (Phi) is 10.3. The van der Waals surface area contributed by atoms with Crippen molar-refractivity contribution in [2.24, 2.45) is 0 Å². The number of hydrogen-bond acceptors (Lipinski definition) is 8. The Labute approximate surface area is 260 Å². The first-order valence-corrected chi connectivity index (χ1v) is 15.4. The van der Waals surface area contributed by atoms with Gasteiger partial charge in [-0.25, -0.2) is 9.59 Å². The Bertz CT molecular complexity index is 1250. The van der Waals surface area contributed by atoms with E-state index < -0.39 is 34.6 Å². The molecule has 10 nitrogen and oxygen atoms in total. The number of rotatable bonds is 2. The Hall–Kier alpha value is -3.18. The van der Waals surface area contributed by atoms with E-state index in [1.54, 1.807) is 37.8 Å². The molecule has 0 spiro atoms. The standard InChI is InChI=1S/C18H25NO4.C16H23NO4/c1-17(2,3)23-16(20)19-10-9-18(14-7-5-4-6-8-14)15(13-19)21-11-12-22-18;1-15(2,3)21-14(19)17-10-9-16(20,13(18)11-17)12-7-5-4-6-8-12/h4-8,15H,9-13H2,1-3H3;4-8,13,18,20H,9-11H2,1-3H3/t15-,18-;13-,16-/m11/s1. The number of piperidine rings is 2. The third-order valence-electron chi connectivity index (χ3n) is 7.97. The highest BCUT2D eigenvalue weighted by Gasteiger charge is 2.49. The molecule has 3 saturated heterocycles. The van der Waals surface area contributed by atoms with Crippen molar-refractivity contribution in [3.8, 4) is 0 Å². The van der Waals surface area contributed by atoms with Crippen LogP contribution in [-0.2, 0) is 30.1 Å². The van der Waals surface area contributed by atoms with Gasteiger partial charge in [0, 0.05) is 25.9 Å². The molecule has 3 heterocycles. The number of hydrogen-bond donors (Lipinski definition) is 2. The first kappa shape index (κ1) is 33.7. The number of fused-ring (bicyclic) bond motifs is 1. The molecule has 4 atom stereocenters. The average molecular weight is 613 g/mol. The van der Waals surface area contributed by atoms with E-state index in [1.165, 1.54) is 4.90 Å². The quantitative estimate of drug-likeness (QED) is 0.496. The molecule has 0 radical (unpaired) electrons. The Balaban J connectivity index is 0.000000202. The number of ether oxygens (including phenoxy) is 4. The number of aliphatic hydroxyl groups excluding tert-OH is 1. The second kappa shape index (κ2) is 13.4. The summed E-state index contributed by atoms with van der Waals surface area (Å²) < 4.78 is 22.9. The van der Waals surface area contributed by atoms with Crippen LogP contribution in [0.1, 0.15) is 65.5 Å². The van der Waals surface area contributed by atoms with Crippen LogP contribution in [0.25, 0.3) is 0 Å².